The first-order chi connectivity index (χ1) is 13.7. The van der Waals surface area contributed by atoms with Crippen LogP contribution in [0.5, 0.6) is 5.75 Å². The van der Waals surface area contributed by atoms with Crippen molar-refractivity contribution in [2.24, 2.45) is 0 Å². The number of likely N-dealkylation sites (tertiary alicyclic amines) is 1. The van der Waals surface area contributed by atoms with Gasteiger partial charge in [-0.05, 0) is 67.5 Å². The number of amides is 1. The third-order valence-corrected chi connectivity index (χ3v) is 5.81. The summed E-state index contributed by atoms with van der Waals surface area (Å²) in [5, 5.41) is 0. The molecule has 2 aromatic rings. The summed E-state index contributed by atoms with van der Waals surface area (Å²) < 4.78 is 5.27. The number of rotatable bonds is 7. The van der Waals surface area contributed by atoms with Crippen molar-refractivity contribution in [3.63, 3.8) is 0 Å². The molecule has 4 nitrogen and oxygen atoms in total. The lowest BCUT2D eigenvalue weighted by Gasteiger charge is -2.27. The van der Waals surface area contributed by atoms with E-state index in [2.05, 4.69) is 29.2 Å². The number of methoxy groups -OCH3 is 1. The van der Waals surface area contributed by atoms with Crippen LogP contribution in [0.1, 0.15) is 53.6 Å². The molecule has 2 fully saturated rings. The second-order valence-corrected chi connectivity index (χ2v) is 8.04. The number of hydrogen-bond donors (Lipinski definition) is 0. The normalized spacial score (nSPS) is 17.0. The number of carbonyl (C=O) groups excluding carboxylic acids is 1. The second kappa shape index (κ2) is 8.78. The highest BCUT2D eigenvalue weighted by molar-refractivity contribution is 5.94. The molecule has 1 amide bonds. The van der Waals surface area contributed by atoms with Crippen LogP contribution in [0.15, 0.2) is 48.5 Å². The van der Waals surface area contributed by atoms with Crippen molar-refractivity contribution in [3.05, 3.63) is 65.2 Å². The maximum Gasteiger partial charge on any atom is 0.253 e. The van der Waals surface area contributed by atoms with Crippen LogP contribution in [0.25, 0.3) is 0 Å². The summed E-state index contributed by atoms with van der Waals surface area (Å²) in [5.74, 6) is 1.08. The van der Waals surface area contributed by atoms with Gasteiger partial charge in [0.25, 0.3) is 5.91 Å². The Morgan fingerprint density at radius 1 is 1.00 bits per heavy atom. The van der Waals surface area contributed by atoms with Gasteiger partial charge in [0.1, 0.15) is 5.75 Å². The maximum absolute atomic E-state index is 12.8. The van der Waals surface area contributed by atoms with E-state index in [-0.39, 0.29) is 5.91 Å². The van der Waals surface area contributed by atoms with Gasteiger partial charge < -0.3 is 9.64 Å². The Bertz CT molecular complexity index is 793. The van der Waals surface area contributed by atoms with Gasteiger partial charge in [-0.15, -0.1) is 0 Å². The molecule has 0 radical (unpaired) electrons. The fourth-order valence-corrected chi connectivity index (χ4v) is 4.04. The molecule has 0 N–H and O–H groups in total. The predicted octanol–water partition coefficient (Wildman–Crippen LogP) is 4.49. The lowest BCUT2D eigenvalue weighted by Crippen LogP contribution is -2.35. The standard InChI is InChI=1S/C24H30N2O2/c1-28-23-12-8-19(9-13-23)17-26(22-10-11-22)18-20-6-5-7-21(16-20)24(27)25-14-3-2-4-15-25/h5-9,12-13,16,22H,2-4,10-11,14-15,17-18H2,1H3. The fraction of sp³-hybridized carbons (Fsp3) is 0.458. The van der Waals surface area contributed by atoms with Gasteiger partial charge in [0.2, 0.25) is 0 Å². The number of ether oxygens (including phenoxy) is 1. The Labute approximate surface area is 168 Å². The van der Waals surface area contributed by atoms with E-state index in [1.807, 2.05) is 29.2 Å². The summed E-state index contributed by atoms with van der Waals surface area (Å²) >= 11 is 0. The number of nitrogens with zero attached hydrogens (tertiary/aromatic N) is 2. The van der Waals surface area contributed by atoms with E-state index < -0.39 is 0 Å². The number of hydrogen-bond acceptors (Lipinski definition) is 3. The Morgan fingerprint density at radius 3 is 2.39 bits per heavy atom. The highest BCUT2D eigenvalue weighted by atomic mass is 16.5. The topological polar surface area (TPSA) is 32.8 Å². The first-order valence-corrected chi connectivity index (χ1v) is 10.5. The summed E-state index contributed by atoms with van der Waals surface area (Å²) in [6, 6.07) is 17.2. The van der Waals surface area contributed by atoms with Crippen LogP contribution in [0.4, 0.5) is 0 Å². The highest BCUT2D eigenvalue weighted by Crippen LogP contribution is 2.30. The second-order valence-electron chi connectivity index (χ2n) is 8.04. The average Bonchev–Trinajstić information content (AvgIpc) is 3.59. The predicted molar refractivity (Wildman–Crippen MR) is 111 cm³/mol. The Kier molecular flexibility index (Phi) is 5.96. The minimum absolute atomic E-state index is 0.190. The molecular weight excluding hydrogens is 348 g/mol. The van der Waals surface area contributed by atoms with Gasteiger partial charge in [0.15, 0.2) is 0 Å². The summed E-state index contributed by atoms with van der Waals surface area (Å²) in [6.07, 6.45) is 6.03. The first kappa shape index (κ1) is 19.0. The van der Waals surface area contributed by atoms with Crippen LogP contribution in [0.3, 0.4) is 0 Å². The molecule has 1 saturated carbocycles. The van der Waals surface area contributed by atoms with Crippen LogP contribution < -0.4 is 4.74 Å². The molecule has 1 heterocycles. The van der Waals surface area contributed by atoms with Crippen LogP contribution >= 0.6 is 0 Å². The zero-order chi connectivity index (χ0) is 19.3. The van der Waals surface area contributed by atoms with Gasteiger partial charge in [-0.2, -0.15) is 0 Å². The largest absolute Gasteiger partial charge is 0.497 e. The Balaban J connectivity index is 1.44. The van der Waals surface area contributed by atoms with E-state index in [0.29, 0.717) is 6.04 Å². The van der Waals surface area contributed by atoms with Crippen molar-refractivity contribution in [3.8, 4) is 5.75 Å². The molecule has 0 spiro atoms. The van der Waals surface area contributed by atoms with Crippen LogP contribution in [-0.4, -0.2) is 41.9 Å². The number of carbonyl (C=O) groups is 1. The third-order valence-electron chi connectivity index (χ3n) is 5.81. The van der Waals surface area contributed by atoms with Crippen molar-refractivity contribution in [1.82, 2.24) is 9.80 Å². The Morgan fingerprint density at radius 2 is 1.71 bits per heavy atom. The van der Waals surface area contributed by atoms with Gasteiger partial charge in [0.05, 0.1) is 7.11 Å². The van der Waals surface area contributed by atoms with Gasteiger partial charge in [-0.25, -0.2) is 0 Å². The molecule has 2 aliphatic rings. The molecule has 0 unspecified atom stereocenters. The van der Waals surface area contributed by atoms with Crippen molar-refractivity contribution in [1.29, 1.82) is 0 Å². The van der Waals surface area contributed by atoms with Crippen molar-refractivity contribution < 1.29 is 9.53 Å². The molecule has 0 bridgehead atoms. The molecule has 1 saturated heterocycles. The molecule has 1 aliphatic heterocycles. The molecule has 4 heteroatoms. The first-order valence-electron chi connectivity index (χ1n) is 10.5. The summed E-state index contributed by atoms with van der Waals surface area (Å²) in [7, 11) is 1.70. The van der Waals surface area contributed by atoms with E-state index in [4.69, 9.17) is 4.74 Å². The minimum atomic E-state index is 0.190. The fourth-order valence-electron chi connectivity index (χ4n) is 4.04. The van der Waals surface area contributed by atoms with Gasteiger partial charge in [-0.3, -0.25) is 9.69 Å². The van der Waals surface area contributed by atoms with Crippen molar-refractivity contribution in [2.75, 3.05) is 20.2 Å². The monoisotopic (exact) mass is 378 g/mol. The molecular formula is C24H30N2O2. The van der Waals surface area contributed by atoms with Crippen LogP contribution in [0.2, 0.25) is 0 Å². The summed E-state index contributed by atoms with van der Waals surface area (Å²) in [4.78, 5) is 17.4. The van der Waals surface area contributed by atoms with E-state index in [1.165, 1.54) is 30.4 Å². The van der Waals surface area contributed by atoms with E-state index >= 15 is 0 Å². The van der Waals surface area contributed by atoms with Crippen LogP contribution in [-0.2, 0) is 13.1 Å². The van der Waals surface area contributed by atoms with Crippen molar-refractivity contribution in [2.45, 2.75) is 51.2 Å². The minimum Gasteiger partial charge on any atom is -0.497 e. The van der Waals surface area contributed by atoms with Gasteiger partial charge in [-0.1, -0.05) is 24.3 Å². The van der Waals surface area contributed by atoms with Gasteiger partial charge in [0, 0.05) is 37.8 Å². The molecule has 0 aromatic heterocycles. The average molecular weight is 379 g/mol. The van der Waals surface area contributed by atoms with E-state index in [1.54, 1.807) is 7.11 Å². The van der Waals surface area contributed by atoms with Crippen LogP contribution in [0, 0.1) is 0 Å². The number of benzene rings is 2. The SMILES string of the molecule is COc1ccc(CN(Cc2cccc(C(=O)N3CCCCC3)c2)C2CC2)cc1. The Hall–Kier alpha value is -2.33. The zero-order valence-corrected chi connectivity index (χ0v) is 16.8. The zero-order valence-electron chi connectivity index (χ0n) is 16.8. The lowest BCUT2D eigenvalue weighted by atomic mass is 10.1. The molecule has 28 heavy (non-hydrogen) atoms. The highest BCUT2D eigenvalue weighted by Gasteiger charge is 2.29. The maximum atomic E-state index is 12.8. The van der Waals surface area contributed by atoms with Crippen molar-refractivity contribution >= 4 is 5.91 Å². The third kappa shape index (κ3) is 4.74. The molecule has 0 atom stereocenters. The smallest absolute Gasteiger partial charge is 0.253 e. The summed E-state index contributed by atoms with van der Waals surface area (Å²) in [5.41, 5.74) is 3.36. The number of piperidine rings is 1. The quantitative estimate of drug-likeness (QED) is 0.712. The van der Waals surface area contributed by atoms with E-state index in [9.17, 15) is 4.79 Å². The molecule has 1 aliphatic carbocycles. The molecule has 2 aromatic carbocycles. The van der Waals surface area contributed by atoms with E-state index in [0.717, 1.165) is 50.3 Å². The molecule has 148 valence electrons. The summed E-state index contributed by atoms with van der Waals surface area (Å²) in [6.45, 7) is 3.61. The lowest BCUT2D eigenvalue weighted by molar-refractivity contribution is 0.0724. The van der Waals surface area contributed by atoms with Gasteiger partial charge >= 0.3 is 0 Å². The molecule has 4 rings (SSSR count).